The van der Waals surface area contributed by atoms with Gasteiger partial charge in [0.2, 0.25) is 10.0 Å². The number of hydrogen-bond acceptors (Lipinski definition) is 3. The Labute approximate surface area is 114 Å². The van der Waals surface area contributed by atoms with Crippen molar-refractivity contribution in [2.45, 2.75) is 44.7 Å². The van der Waals surface area contributed by atoms with Crippen LogP contribution in [0.1, 0.15) is 31.9 Å². The third-order valence-electron chi connectivity index (χ3n) is 2.69. The second-order valence-electron chi connectivity index (χ2n) is 5.52. The van der Waals surface area contributed by atoms with E-state index in [0.29, 0.717) is 11.1 Å². The van der Waals surface area contributed by atoms with Crippen molar-refractivity contribution < 1.29 is 12.8 Å². The summed E-state index contributed by atoms with van der Waals surface area (Å²) in [5.41, 5.74) is 0.504. The molecule has 0 heterocycles. The second-order valence-corrected chi connectivity index (χ2v) is 7.41. The quantitative estimate of drug-likeness (QED) is 0.890. The Balaban J connectivity index is 3.18. The highest BCUT2D eigenvalue weighted by Gasteiger charge is 2.18. The van der Waals surface area contributed by atoms with E-state index in [9.17, 15) is 12.8 Å². The predicted molar refractivity (Wildman–Crippen MR) is 74.0 cm³/mol. The summed E-state index contributed by atoms with van der Waals surface area (Å²) in [5, 5.41) is 3.15. The van der Waals surface area contributed by atoms with Crippen LogP contribution >= 0.6 is 0 Å². The molecule has 0 atom stereocenters. The fourth-order valence-electron chi connectivity index (χ4n) is 1.57. The highest BCUT2D eigenvalue weighted by atomic mass is 32.2. The Bertz CT molecular complexity index is 563. The summed E-state index contributed by atoms with van der Waals surface area (Å²) in [6.07, 6.45) is 0. The first-order valence-corrected chi connectivity index (χ1v) is 7.53. The van der Waals surface area contributed by atoms with Gasteiger partial charge < -0.3 is 5.32 Å². The molecule has 0 unspecified atom stereocenters. The molecule has 0 spiro atoms. The normalized spacial score (nSPS) is 12.7. The van der Waals surface area contributed by atoms with Crippen LogP contribution in [0.15, 0.2) is 17.0 Å². The average Bonchev–Trinajstić information content (AvgIpc) is 2.29. The number of sulfonamides is 1. The predicted octanol–water partition coefficient (Wildman–Crippen LogP) is 1.93. The van der Waals surface area contributed by atoms with Gasteiger partial charge in [-0.2, -0.15) is 0 Å². The van der Waals surface area contributed by atoms with E-state index in [0.717, 1.165) is 0 Å². The Hall–Kier alpha value is -0.980. The molecule has 1 aromatic rings. The third kappa shape index (κ3) is 4.26. The van der Waals surface area contributed by atoms with E-state index in [-0.39, 0.29) is 22.8 Å². The maximum absolute atomic E-state index is 14.0. The van der Waals surface area contributed by atoms with Gasteiger partial charge in [0.05, 0.1) is 4.90 Å². The summed E-state index contributed by atoms with van der Waals surface area (Å²) in [6.45, 7) is 7.73. The van der Waals surface area contributed by atoms with E-state index < -0.39 is 10.0 Å². The fraction of sp³-hybridized carbons (Fsp3) is 0.538. The zero-order valence-corrected chi connectivity index (χ0v) is 12.8. The minimum atomic E-state index is -3.56. The number of rotatable bonds is 4. The van der Waals surface area contributed by atoms with E-state index in [1.165, 1.54) is 19.2 Å². The Morgan fingerprint density at radius 3 is 2.32 bits per heavy atom. The summed E-state index contributed by atoms with van der Waals surface area (Å²) < 4.78 is 39.8. The average molecular weight is 288 g/mol. The molecule has 0 aromatic heterocycles. The van der Waals surface area contributed by atoms with Gasteiger partial charge in [-0.3, -0.25) is 0 Å². The molecular weight excluding hydrogens is 267 g/mol. The minimum absolute atomic E-state index is 0.0830. The number of benzene rings is 1. The molecule has 0 aliphatic carbocycles. The molecule has 0 amide bonds. The Kier molecular flexibility index (Phi) is 4.71. The van der Waals surface area contributed by atoms with Crippen LogP contribution in [0, 0.1) is 12.7 Å². The molecule has 0 aliphatic rings. The van der Waals surface area contributed by atoms with Crippen LogP contribution in [0.5, 0.6) is 0 Å². The lowest BCUT2D eigenvalue weighted by molar-refractivity contribution is 0.418. The van der Waals surface area contributed by atoms with Crippen molar-refractivity contribution in [1.29, 1.82) is 0 Å². The van der Waals surface area contributed by atoms with Crippen LogP contribution in [0.4, 0.5) is 4.39 Å². The molecule has 0 aliphatic heterocycles. The fourth-order valence-corrected chi connectivity index (χ4v) is 2.43. The lowest BCUT2D eigenvalue weighted by Gasteiger charge is -2.21. The topological polar surface area (TPSA) is 58.2 Å². The van der Waals surface area contributed by atoms with Gasteiger partial charge in [-0.05, 0) is 52.4 Å². The summed E-state index contributed by atoms with van der Waals surface area (Å²) in [7, 11) is -2.22. The zero-order chi connectivity index (χ0) is 14.8. The van der Waals surface area contributed by atoms with Crippen molar-refractivity contribution >= 4 is 10.0 Å². The van der Waals surface area contributed by atoms with Crippen LogP contribution < -0.4 is 10.0 Å². The van der Waals surface area contributed by atoms with Crippen molar-refractivity contribution in [2.24, 2.45) is 0 Å². The molecule has 0 radical (unpaired) electrons. The van der Waals surface area contributed by atoms with Crippen molar-refractivity contribution in [3.05, 3.63) is 29.1 Å². The standard InChI is InChI=1S/C13H21FN2O2S/c1-9-6-11(19(17,18)15-5)7-10(12(9)14)8-16-13(2,3)4/h6-7,15-16H,8H2,1-5H3. The molecule has 1 rings (SSSR count). The minimum Gasteiger partial charge on any atom is -0.308 e. The molecule has 6 heteroatoms. The summed E-state index contributed by atoms with van der Waals surface area (Å²) in [4.78, 5) is 0.0830. The van der Waals surface area contributed by atoms with Gasteiger partial charge in [-0.25, -0.2) is 17.5 Å². The number of halogens is 1. The molecular formula is C13H21FN2O2S. The van der Waals surface area contributed by atoms with Gasteiger partial charge in [0.25, 0.3) is 0 Å². The molecule has 19 heavy (non-hydrogen) atoms. The molecule has 0 saturated heterocycles. The molecule has 4 nitrogen and oxygen atoms in total. The maximum atomic E-state index is 14.0. The van der Waals surface area contributed by atoms with Crippen molar-refractivity contribution in [3.63, 3.8) is 0 Å². The van der Waals surface area contributed by atoms with Crippen LogP contribution in [0.2, 0.25) is 0 Å². The summed E-state index contributed by atoms with van der Waals surface area (Å²) in [5.74, 6) is -0.369. The molecule has 2 N–H and O–H groups in total. The van der Waals surface area contributed by atoms with E-state index in [1.807, 2.05) is 20.8 Å². The van der Waals surface area contributed by atoms with E-state index in [2.05, 4.69) is 10.0 Å². The largest absolute Gasteiger partial charge is 0.308 e. The number of nitrogens with one attached hydrogen (secondary N) is 2. The molecule has 1 aromatic carbocycles. The van der Waals surface area contributed by atoms with Crippen LogP contribution in [-0.2, 0) is 16.6 Å². The van der Waals surface area contributed by atoms with Gasteiger partial charge in [-0.1, -0.05) is 0 Å². The highest BCUT2D eigenvalue weighted by molar-refractivity contribution is 7.89. The smallest absolute Gasteiger partial charge is 0.240 e. The van der Waals surface area contributed by atoms with Gasteiger partial charge in [-0.15, -0.1) is 0 Å². The summed E-state index contributed by atoms with van der Waals surface area (Å²) in [6, 6.07) is 2.70. The molecule has 108 valence electrons. The van der Waals surface area contributed by atoms with Crippen molar-refractivity contribution in [2.75, 3.05) is 7.05 Å². The van der Waals surface area contributed by atoms with Gasteiger partial charge in [0.1, 0.15) is 5.82 Å². The number of hydrogen-bond donors (Lipinski definition) is 2. The summed E-state index contributed by atoms with van der Waals surface area (Å²) >= 11 is 0. The van der Waals surface area contributed by atoms with Gasteiger partial charge >= 0.3 is 0 Å². The first-order valence-electron chi connectivity index (χ1n) is 6.04. The monoisotopic (exact) mass is 288 g/mol. The van der Waals surface area contributed by atoms with Gasteiger partial charge in [0, 0.05) is 17.6 Å². The highest BCUT2D eigenvalue weighted by Crippen LogP contribution is 2.19. The maximum Gasteiger partial charge on any atom is 0.240 e. The first-order chi connectivity index (χ1) is 8.57. The zero-order valence-electron chi connectivity index (χ0n) is 12.0. The van der Waals surface area contributed by atoms with E-state index in [1.54, 1.807) is 6.92 Å². The molecule has 0 fully saturated rings. The Morgan fingerprint density at radius 1 is 1.26 bits per heavy atom. The Morgan fingerprint density at radius 2 is 1.84 bits per heavy atom. The first kappa shape index (κ1) is 16.1. The van der Waals surface area contributed by atoms with E-state index >= 15 is 0 Å². The van der Waals surface area contributed by atoms with Crippen LogP contribution in [-0.4, -0.2) is 21.0 Å². The van der Waals surface area contributed by atoms with Crippen LogP contribution in [0.3, 0.4) is 0 Å². The van der Waals surface area contributed by atoms with Crippen molar-refractivity contribution in [1.82, 2.24) is 10.0 Å². The lowest BCUT2D eigenvalue weighted by atomic mass is 10.1. The van der Waals surface area contributed by atoms with Crippen molar-refractivity contribution in [3.8, 4) is 0 Å². The SMILES string of the molecule is CNS(=O)(=O)c1cc(C)c(F)c(CNC(C)(C)C)c1. The third-order valence-corrected chi connectivity index (χ3v) is 4.09. The van der Waals surface area contributed by atoms with Crippen LogP contribution in [0.25, 0.3) is 0 Å². The molecule has 0 bridgehead atoms. The van der Waals surface area contributed by atoms with Gasteiger partial charge in [0.15, 0.2) is 0 Å². The number of aryl methyl sites for hydroxylation is 1. The van der Waals surface area contributed by atoms with E-state index in [4.69, 9.17) is 0 Å². The molecule has 0 saturated carbocycles. The second kappa shape index (κ2) is 5.56. The lowest BCUT2D eigenvalue weighted by Crippen LogP contribution is -2.35.